The first kappa shape index (κ1) is 14.7. The molecule has 1 fully saturated rings. The molecule has 1 amide bonds. The van der Waals surface area contributed by atoms with Crippen molar-refractivity contribution >= 4 is 11.9 Å². The predicted octanol–water partition coefficient (Wildman–Crippen LogP) is 2.50. The SMILES string of the molecule is CC(C)c1nc(NC(=O)c2ccn(C3CCCC3)n2)n(C)n1. The van der Waals surface area contributed by atoms with Crippen LogP contribution in [0.15, 0.2) is 12.3 Å². The second kappa shape index (κ2) is 5.90. The molecule has 1 aliphatic rings. The summed E-state index contributed by atoms with van der Waals surface area (Å²) in [5.74, 6) is 1.14. The maximum Gasteiger partial charge on any atom is 0.278 e. The largest absolute Gasteiger partial charge is 0.289 e. The lowest BCUT2D eigenvalue weighted by molar-refractivity contribution is 0.102. The molecule has 0 unspecified atom stereocenters. The summed E-state index contributed by atoms with van der Waals surface area (Å²) in [5.41, 5.74) is 0.418. The number of aromatic nitrogens is 5. The molecule has 0 atom stereocenters. The van der Waals surface area contributed by atoms with Crippen molar-refractivity contribution in [2.75, 3.05) is 5.32 Å². The van der Waals surface area contributed by atoms with E-state index in [2.05, 4.69) is 20.5 Å². The van der Waals surface area contributed by atoms with Gasteiger partial charge >= 0.3 is 0 Å². The van der Waals surface area contributed by atoms with Gasteiger partial charge in [0, 0.05) is 19.2 Å². The van der Waals surface area contributed by atoms with Crippen molar-refractivity contribution in [2.45, 2.75) is 51.5 Å². The molecule has 2 aromatic heterocycles. The summed E-state index contributed by atoms with van der Waals surface area (Å²) in [6.07, 6.45) is 6.65. The van der Waals surface area contributed by atoms with Crippen LogP contribution < -0.4 is 5.32 Å². The zero-order valence-electron chi connectivity index (χ0n) is 13.3. The van der Waals surface area contributed by atoms with E-state index in [4.69, 9.17) is 0 Å². The van der Waals surface area contributed by atoms with Crippen LogP contribution in [0.2, 0.25) is 0 Å². The van der Waals surface area contributed by atoms with Crippen molar-refractivity contribution in [3.8, 4) is 0 Å². The highest BCUT2D eigenvalue weighted by atomic mass is 16.2. The smallest absolute Gasteiger partial charge is 0.278 e. The fourth-order valence-electron chi connectivity index (χ4n) is 2.75. The minimum Gasteiger partial charge on any atom is -0.289 e. The third-order valence-electron chi connectivity index (χ3n) is 4.06. The molecule has 0 aromatic carbocycles. The fraction of sp³-hybridized carbons (Fsp3) is 0.600. The average Bonchev–Trinajstić information content (AvgIpc) is 3.18. The molecule has 0 bridgehead atoms. The van der Waals surface area contributed by atoms with E-state index in [0.29, 0.717) is 23.5 Å². The number of hydrogen-bond donors (Lipinski definition) is 1. The Labute approximate surface area is 129 Å². The highest BCUT2D eigenvalue weighted by molar-refractivity contribution is 6.01. The van der Waals surface area contributed by atoms with Crippen molar-refractivity contribution in [1.82, 2.24) is 24.5 Å². The Morgan fingerprint density at radius 1 is 1.32 bits per heavy atom. The van der Waals surface area contributed by atoms with Gasteiger partial charge in [-0.1, -0.05) is 26.7 Å². The topological polar surface area (TPSA) is 77.6 Å². The summed E-state index contributed by atoms with van der Waals surface area (Å²) in [6, 6.07) is 2.19. The minimum atomic E-state index is -0.248. The lowest BCUT2D eigenvalue weighted by Crippen LogP contribution is -2.17. The average molecular weight is 302 g/mol. The van der Waals surface area contributed by atoms with Gasteiger partial charge in [-0.15, -0.1) is 0 Å². The normalized spacial score (nSPS) is 15.6. The number of amides is 1. The van der Waals surface area contributed by atoms with E-state index in [0.717, 1.165) is 12.8 Å². The molecular formula is C15H22N6O. The number of nitrogens with one attached hydrogen (secondary N) is 1. The Balaban J connectivity index is 1.71. The first-order valence-electron chi connectivity index (χ1n) is 7.82. The molecule has 118 valence electrons. The number of hydrogen-bond acceptors (Lipinski definition) is 4. The van der Waals surface area contributed by atoms with Crippen LogP contribution in [-0.4, -0.2) is 30.5 Å². The predicted molar refractivity (Wildman–Crippen MR) is 82.8 cm³/mol. The van der Waals surface area contributed by atoms with Crippen LogP contribution in [0.4, 0.5) is 5.95 Å². The van der Waals surface area contributed by atoms with Crippen LogP contribution in [0.1, 0.15) is 67.8 Å². The monoisotopic (exact) mass is 302 g/mol. The van der Waals surface area contributed by atoms with Crippen molar-refractivity contribution in [3.63, 3.8) is 0 Å². The first-order valence-corrected chi connectivity index (χ1v) is 7.82. The molecule has 22 heavy (non-hydrogen) atoms. The molecule has 1 saturated carbocycles. The molecule has 0 saturated heterocycles. The number of aryl methyl sites for hydroxylation is 1. The van der Waals surface area contributed by atoms with Crippen LogP contribution in [0, 0.1) is 0 Å². The van der Waals surface area contributed by atoms with Gasteiger partial charge in [-0.25, -0.2) is 4.68 Å². The van der Waals surface area contributed by atoms with Crippen molar-refractivity contribution in [2.24, 2.45) is 7.05 Å². The number of anilines is 1. The first-order chi connectivity index (χ1) is 10.5. The van der Waals surface area contributed by atoms with Crippen molar-refractivity contribution in [1.29, 1.82) is 0 Å². The second-order valence-corrected chi connectivity index (χ2v) is 6.15. The van der Waals surface area contributed by atoms with E-state index in [1.807, 2.05) is 24.7 Å². The van der Waals surface area contributed by atoms with E-state index in [1.54, 1.807) is 17.8 Å². The molecule has 1 N–H and O–H groups in total. The van der Waals surface area contributed by atoms with Crippen LogP contribution in [0.3, 0.4) is 0 Å². The Hall–Kier alpha value is -2.18. The fourth-order valence-corrected chi connectivity index (χ4v) is 2.75. The molecule has 0 spiro atoms. The van der Waals surface area contributed by atoms with Crippen LogP contribution >= 0.6 is 0 Å². The summed E-state index contributed by atoms with van der Waals surface area (Å²) >= 11 is 0. The van der Waals surface area contributed by atoms with Crippen LogP contribution in [-0.2, 0) is 7.05 Å². The number of rotatable bonds is 4. The zero-order chi connectivity index (χ0) is 15.7. The standard InChI is InChI=1S/C15H22N6O/c1-10(2)13-16-15(20(3)19-13)17-14(22)12-8-9-21(18-12)11-6-4-5-7-11/h8-11H,4-7H2,1-3H3,(H,16,17,19,22). The van der Waals surface area contributed by atoms with Gasteiger partial charge in [-0.2, -0.15) is 15.2 Å². The van der Waals surface area contributed by atoms with Gasteiger partial charge in [0.05, 0.1) is 6.04 Å². The minimum absolute atomic E-state index is 0.221. The lowest BCUT2D eigenvalue weighted by Gasteiger charge is -2.08. The Kier molecular flexibility index (Phi) is 3.96. The third-order valence-corrected chi connectivity index (χ3v) is 4.06. The Morgan fingerprint density at radius 2 is 2.05 bits per heavy atom. The molecule has 7 heteroatoms. The van der Waals surface area contributed by atoms with Gasteiger partial charge < -0.3 is 0 Å². The van der Waals surface area contributed by atoms with Gasteiger partial charge in [0.15, 0.2) is 11.5 Å². The van der Waals surface area contributed by atoms with E-state index in [9.17, 15) is 4.79 Å². The van der Waals surface area contributed by atoms with Gasteiger partial charge in [0.2, 0.25) is 5.95 Å². The van der Waals surface area contributed by atoms with Gasteiger partial charge in [-0.05, 0) is 18.9 Å². The molecule has 2 heterocycles. The molecular weight excluding hydrogens is 280 g/mol. The Bertz CT molecular complexity index is 665. The summed E-state index contributed by atoms with van der Waals surface area (Å²) < 4.78 is 3.50. The number of nitrogens with zero attached hydrogens (tertiary/aromatic N) is 5. The molecule has 0 aliphatic heterocycles. The maximum absolute atomic E-state index is 12.3. The van der Waals surface area contributed by atoms with Gasteiger partial charge in [-0.3, -0.25) is 14.8 Å². The molecule has 1 aliphatic carbocycles. The summed E-state index contributed by atoms with van der Waals surface area (Å²) in [5, 5.41) is 11.5. The highest BCUT2D eigenvalue weighted by Crippen LogP contribution is 2.28. The molecule has 0 radical (unpaired) electrons. The number of carbonyl (C=O) groups excluding carboxylic acids is 1. The quantitative estimate of drug-likeness (QED) is 0.941. The summed E-state index contributed by atoms with van der Waals surface area (Å²) in [7, 11) is 1.77. The van der Waals surface area contributed by atoms with E-state index in [-0.39, 0.29) is 11.8 Å². The van der Waals surface area contributed by atoms with E-state index in [1.165, 1.54) is 12.8 Å². The van der Waals surface area contributed by atoms with E-state index >= 15 is 0 Å². The third kappa shape index (κ3) is 2.88. The maximum atomic E-state index is 12.3. The van der Waals surface area contributed by atoms with Crippen LogP contribution in [0.25, 0.3) is 0 Å². The van der Waals surface area contributed by atoms with Crippen molar-refractivity contribution < 1.29 is 4.79 Å². The molecule has 3 rings (SSSR count). The van der Waals surface area contributed by atoms with Crippen LogP contribution in [0.5, 0.6) is 0 Å². The van der Waals surface area contributed by atoms with Gasteiger partial charge in [0.1, 0.15) is 0 Å². The molecule has 2 aromatic rings. The summed E-state index contributed by atoms with van der Waals surface area (Å²) in [6.45, 7) is 4.04. The van der Waals surface area contributed by atoms with Crippen molar-refractivity contribution in [3.05, 3.63) is 23.8 Å². The van der Waals surface area contributed by atoms with E-state index < -0.39 is 0 Å². The zero-order valence-corrected chi connectivity index (χ0v) is 13.3. The summed E-state index contributed by atoms with van der Waals surface area (Å²) in [4.78, 5) is 16.6. The Morgan fingerprint density at radius 3 is 2.68 bits per heavy atom. The van der Waals surface area contributed by atoms with Gasteiger partial charge in [0.25, 0.3) is 5.91 Å². The highest BCUT2D eigenvalue weighted by Gasteiger charge is 2.20. The second-order valence-electron chi connectivity index (χ2n) is 6.15. The lowest BCUT2D eigenvalue weighted by atomic mass is 10.2. The number of carbonyl (C=O) groups is 1. The molecule has 7 nitrogen and oxygen atoms in total.